The fourth-order valence-electron chi connectivity index (χ4n) is 14.0. The number of halogens is 3. The molecule has 0 saturated heterocycles. The Morgan fingerprint density at radius 1 is 0.355 bits per heavy atom. The summed E-state index contributed by atoms with van der Waals surface area (Å²) in [5, 5.41) is 16.2. The minimum absolute atomic E-state index is 0.0502. The minimum Gasteiger partial charge on any atom is -0.487 e. The van der Waals surface area contributed by atoms with Crippen LogP contribution in [0.15, 0.2) is 235 Å². The highest BCUT2D eigenvalue weighted by atomic mass is 19.4. The Hall–Kier alpha value is -17.4. The van der Waals surface area contributed by atoms with Gasteiger partial charge in [0.25, 0.3) is 68.0 Å². The van der Waals surface area contributed by atoms with E-state index >= 15 is 0 Å². The van der Waals surface area contributed by atoms with E-state index in [9.17, 15) is 46.7 Å². The van der Waals surface area contributed by atoms with Gasteiger partial charge in [-0.25, -0.2) is 34.7 Å². The standard InChI is InChI=1S/C19H17N5O2.C18H20N4O2.C16H16N4O4.C16H18N4O2.C15H13F3N4O2.C15H16N4O2/c1-2-13-5-7-16(8-6-13)26-12-15-10-17(25)24-19(21-15)22-18(23-24)14-4-3-9-20-11-14;1-2-12-6-8-15(9-7-12)24-11-14-10-16(23)22-18(19-14)20-17(21-22)13-4-3-5-13;1-3-10-4-6-12(7-5-10)24-9-11-8-13(21)20-16(17-11)18-14(19-20)15(22)23-2;1-3-11-5-7-13(8-6-11)22-10-12-9-15(21)20-16(17-12)18-14(4-2)19-20;1-2-9-3-5-11(6-4-9)24-8-10-7-12(23)22-14(19-10)20-13(21-22)15(16,17)18;1-3-11-4-6-13(7-5-11)21-9-12-8-14(20)19-15(17-12)16-10(2)18-19/h3-11H,2,12H2,1H3,(H,21,22,23);6-10,13H,2-5,11H2,1H3,(H,19,20,21);4-8H,3,9H2,1-2H3,(H,17,18,19);5-9H,3-4,10H2,1-2H3,(H,17,18,19);3-7H,2,8H2,1H3,(H,19,20,21);4-8H,3,9H2,1-2H3,(H,16,17,18). The van der Waals surface area contributed by atoms with E-state index in [1.54, 1.807) is 31.5 Å². The fourth-order valence-corrected chi connectivity index (χ4v) is 14.0. The van der Waals surface area contributed by atoms with Gasteiger partial charge in [0, 0.05) is 66.7 Å². The molecule has 1 fully saturated rings. The zero-order valence-electron chi connectivity index (χ0n) is 78.4. The van der Waals surface area contributed by atoms with Crippen LogP contribution in [0.1, 0.15) is 175 Å². The monoisotopic (exact) mass is 1920 g/mol. The van der Waals surface area contributed by atoms with Crippen LogP contribution < -0.4 is 61.8 Å². The van der Waals surface area contributed by atoms with Gasteiger partial charge < -0.3 is 33.2 Å². The quantitative estimate of drug-likeness (QED) is 0.0248. The van der Waals surface area contributed by atoms with Crippen LogP contribution in [0.25, 0.3) is 46.1 Å². The van der Waals surface area contributed by atoms with Crippen molar-refractivity contribution in [2.75, 3.05) is 7.11 Å². The molecule has 0 amide bonds. The van der Waals surface area contributed by atoms with Crippen molar-refractivity contribution in [1.29, 1.82) is 0 Å². The van der Waals surface area contributed by atoms with Gasteiger partial charge in [0.1, 0.15) is 91.6 Å². The Labute approximate surface area is 799 Å². The molecule has 0 atom stereocenters. The lowest BCUT2D eigenvalue weighted by atomic mass is 9.85. The van der Waals surface area contributed by atoms with Crippen LogP contribution in [0.5, 0.6) is 34.5 Å². The maximum Gasteiger partial charge on any atom is 0.451 e. The number of methoxy groups -OCH3 is 1. The van der Waals surface area contributed by atoms with Crippen molar-refractivity contribution in [1.82, 2.24) is 122 Å². The lowest BCUT2D eigenvalue weighted by Gasteiger charge is -2.22. The Bertz CT molecular complexity index is 7880. The first-order valence-electron chi connectivity index (χ1n) is 45.5. The third-order valence-corrected chi connectivity index (χ3v) is 22.2. The molecule has 726 valence electrons. The van der Waals surface area contributed by atoms with Crippen molar-refractivity contribution in [3.8, 4) is 45.9 Å². The number of ether oxygens (including phenoxy) is 7. The predicted octanol–water partition coefficient (Wildman–Crippen LogP) is 13.4. The number of hydrogen-bond donors (Lipinski definition) is 6. The molecule has 0 spiro atoms. The van der Waals surface area contributed by atoms with Crippen LogP contribution in [0, 0.1) is 6.92 Å². The van der Waals surface area contributed by atoms with Crippen molar-refractivity contribution < 1.29 is 51.1 Å². The van der Waals surface area contributed by atoms with E-state index in [0.717, 1.165) is 114 Å². The van der Waals surface area contributed by atoms with Gasteiger partial charge in [-0.3, -0.25) is 64.3 Å². The van der Waals surface area contributed by atoms with Crippen molar-refractivity contribution in [2.24, 2.45) is 0 Å². The lowest BCUT2D eigenvalue weighted by molar-refractivity contribution is -0.144. The second-order valence-corrected chi connectivity index (χ2v) is 32.1. The van der Waals surface area contributed by atoms with E-state index in [-0.39, 0.29) is 90.5 Å². The summed E-state index contributed by atoms with van der Waals surface area (Å²) in [5.74, 6) is 6.66. The average molecular weight is 1920 g/mol. The number of aromatic amines is 6. The molecule has 6 N–H and O–H groups in total. The third-order valence-electron chi connectivity index (χ3n) is 22.2. The maximum atomic E-state index is 12.6. The number of nitrogens with zero attached hydrogens (tertiary/aromatic N) is 19. The minimum atomic E-state index is -4.68. The highest BCUT2D eigenvalue weighted by molar-refractivity contribution is 5.85. The Morgan fingerprint density at radius 3 is 0.993 bits per heavy atom. The van der Waals surface area contributed by atoms with Crippen molar-refractivity contribution in [3.05, 3.63) is 365 Å². The number of fused-ring (bicyclic) bond motifs is 6. The predicted molar refractivity (Wildman–Crippen MR) is 513 cm³/mol. The van der Waals surface area contributed by atoms with Crippen LogP contribution in [0.2, 0.25) is 0 Å². The van der Waals surface area contributed by atoms with Gasteiger partial charge in [-0.15, -0.1) is 0 Å². The number of carbonyl (C=O) groups is 1. The Morgan fingerprint density at radius 2 is 0.667 bits per heavy atom. The van der Waals surface area contributed by atoms with Crippen LogP contribution in [0.3, 0.4) is 0 Å². The average Bonchev–Trinajstić information content (AvgIpc) is 1.64. The molecular weight excluding hydrogens is 1820 g/mol. The molecule has 6 aromatic carbocycles. The fraction of sp³-hybridized carbons (Fsp3) is 0.273. The molecule has 1 saturated carbocycles. The number of rotatable bonds is 28. The van der Waals surface area contributed by atoms with Crippen LogP contribution in [-0.4, -0.2) is 136 Å². The summed E-state index contributed by atoms with van der Waals surface area (Å²) in [6.45, 7) is 17.3. The van der Waals surface area contributed by atoms with Gasteiger partial charge in [-0.05, 0) is 177 Å². The topological polar surface area (TPSA) is 473 Å². The van der Waals surface area contributed by atoms with Crippen LogP contribution >= 0.6 is 0 Å². The summed E-state index contributed by atoms with van der Waals surface area (Å²) in [5.41, 5.74) is 9.18. The van der Waals surface area contributed by atoms with E-state index in [4.69, 9.17) is 28.4 Å². The largest absolute Gasteiger partial charge is 0.487 e. The van der Waals surface area contributed by atoms with Gasteiger partial charge in [-0.2, -0.15) is 70.2 Å². The van der Waals surface area contributed by atoms with Crippen molar-refractivity contribution >= 4 is 40.6 Å². The number of pyridine rings is 1. The molecule has 141 heavy (non-hydrogen) atoms. The zero-order valence-corrected chi connectivity index (χ0v) is 78.4. The number of esters is 1. The normalized spacial score (nSPS) is 11.7. The van der Waals surface area contributed by atoms with E-state index < -0.39 is 23.5 Å². The van der Waals surface area contributed by atoms with Gasteiger partial charge >= 0.3 is 12.1 Å². The highest BCUT2D eigenvalue weighted by Crippen LogP contribution is 2.35. The second kappa shape index (κ2) is 45.5. The second-order valence-electron chi connectivity index (χ2n) is 32.1. The molecule has 0 bridgehead atoms. The Kier molecular flexibility index (Phi) is 31.7. The smallest absolute Gasteiger partial charge is 0.451 e. The number of benzene rings is 6. The molecule has 1 aliphatic carbocycles. The van der Waals surface area contributed by atoms with E-state index in [1.807, 2.05) is 165 Å². The molecule has 19 aromatic rings. The molecule has 0 radical (unpaired) electrons. The molecule has 1 aliphatic rings. The summed E-state index contributed by atoms with van der Waals surface area (Å²) in [7, 11) is 1.23. The lowest BCUT2D eigenvalue weighted by Crippen LogP contribution is -2.17. The molecule has 20 rings (SSSR count). The molecule has 0 unspecified atom stereocenters. The van der Waals surface area contributed by atoms with Gasteiger partial charge in [0.2, 0.25) is 11.6 Å². The van der Waals surface area contributed by atoms with E-state index in [2.05, 4.69) is 130 Å². The van der Waals surface area contributed by atoms with E-state index in [0.29, 0.717) is 85.2 Å². The first-order chi connectivity index (χ1) is 68.3. The number of H-pyrrole nitrogens is 6. The number of nitrogens with one attached hydrogen (secondary N) is 6. The van der Waals surface area contributed by atoms with Crippen molar-refractivity contribution in [3.63, 3.8) is 0 Å². The van der Waals surface area contributed by atoms with Gasteiger partial charge in [0.15, 0.2) is 5.82 Å². The third kappa shape index (κ3) is 25.5. The molecule has 42 heteroatoms. The summed E-state index contributed by atoms with van der Waals surface area (Å²) in [4.78, 5) is 138. The van der Waals surface area contributed by atoms with Gasteiger partial charge in [-0.1, -0.05) is 128 Å². The molecule has 39 nitrogen and oxygen atoms in total. The maximum absolute atomic E-state index is 12.6. The first kappa shape index (κ1) is 98.2. The van der Waals surface area contributed by atoms with Gasteiger partial charge in [0.05, 0.1) is 41.3 Å². The molecule has 13 heterocycles. The number of aromatic nitrogens is 25. The molecule has 0 aliphatic heterocycles. The summed E-state index contributed by atoms with van der Waals surface area (Å²) >= 11 is 0. The summed E-state index contributed by atoms with van der Waals surface area (Å²) in [6.07, 6.45) is 8.68. The van der Waals surface area contributed by atoms with Crippen LogP contribution in [-0.2, 0) is 95.5 Å². The zero-order chi connectivity index (χ0) is 99.2. The summed E-state index contributed by atoms with van der Waals surface area (Å²) in [6, 6.07) is 58.7. The van der Waals surface area contributed by atoms with E-state index in [1.165, 1.54) is 89.7 Å². The van der Waals surface area contributed by atoms with Crippen LogP contribution in [0.4, 0.5) is 13.2 Å². The molecule has 13 aromatic heterocycles. The highest BCUT2D eigenvalue weighted by Gasteiger charge is 2.36. The molecular formula is C99H100F3N25O14. The number of carbonyl (C=O) groups excluding carboxylic acids is 1. The number of hydrogen-bond acceptors (Lipinski definition) is 27. The summed E-state index contributed by atoms with van der Waals surface area (Å²) < 4.78 is 83.5. The number of aryl methyl sites for hydroxylation is 8. The SMILES string of the molecule is CCc1ccc(OCc2cc(=O)n3[nH]c(-c4cccnc4)nc3n2)cc1.CCc1ccc(OCc2cc(=O)n3[nH]c(C(=O)OC)nc3n2)cc1.CCc1ccc(OCc2cc(=O)n3[nH]c(C(F)(F)F)nc3n2)cc1.CCc1ccc(OCc2cc(=O)n3[nH]c(C)nc3n2)cc1.CCc1ccc(OCc2cc(=O)n3[nH]c(C4CCC4)nc3n2)cc1.CCc1ccc(OCc2cc(=O)n3[nH]c(CC)nc3n2)cc1. The van der Waals surface area contributed by atoms with Crippen molar-refractivity contribution in [2.45, 2.75) is 171 Å². The Balaban J connectivity index is 0.000000128. The first-order valence-corrected chi connectivity index (χ1v) is 45.5. The number of alkyl halides is 3.